The first kappa shape index (κ1) is 23.5. The van der Waals surface area contributed by atoms with Gasteiger partial charge >= 0.3 is 0 Å². The van der Waals surface area contributed by atoms with Crippen molar-refractivity contribution in [2.24, 2.45) is 0 Å². The van der Waals surface area contributed by atoms with Gasteiger partial charge < -0.3 is 20.7 Å². The van der Waals surface area contributed by atoms with Gasteiger partial charge in [0.2, 0.25) is 11.9 Å². The van der Waals surface area contributed by atoms with Crippen molar-refractivity contribution in [1.82, 2.24) is 24.5 Å². The number of fused-ring (bicyclic) bond motifs is 1. The van der Waals surface area contributed by atoms with E-state index in [1.165, 1.54) is 18.6 Å². The molecule has 4 rings (SSSR count). The van der Waals surface area contributed by atoms with Crippen molar-refractivity contribution in [3.8, 4) is 0 Å². The zero-order valence-electron chi connectivity index (χ0n) is 18.5. The molecule has 174 valence electrons. The Bertz CT molecular complexity index is 1380. The van der Waals surface area contributed by atoms with E-state index in [0.717, 1.165) is 4.47 Å². The molecule has 11 heteroatoms. The highest BCUT2D eigenvalue weighted by Gasteiger charge is 2.26. The third kappa shape index (κ3) is 4.80. The second-order valence-electron chi connectivity index (χ2n) is 8.33. The zero-order valence-corrected chi connectivity index (χ0v) is 20.1. The lowest BCUT2D eigenvalue weighted by molar-refractivity contribution is -0.115. The van der Waals surface area contributed by atoms with Crippen molar-refractivity contribution in [3.63, 3.8) is 0 Å². The number of carbonyl (C=O) groups is 2. The second kappa shape index (κ2) is 9.27. The van der Waals surface area contributed by atoms with E-state index in [9.17, 15) is 14.7 Å². The normalized spacial score (nSPS) is 11.5. The topological polar surface area (TPSA) is 149 Å². The molecule has 0 unspecified atom stereocenters. The standard InChI is InChI=1S/C23H22BrN7O3/c1-23(2,12-32)31-11-18(17-10-28-22(25)30-21(17)31)20(34)13-5-16(9-26-7-13)29-19(33)6-15-4-3-14(24)8-27-15/h3-5,7-11,32H,6,12H2,1-2H3,(H,29,33)(H2,25,28,30). The lowest BCUT2D eigenvalue weighted by Gasteiger charge is -2.24. The summed E-state index contributed by atoms with van der Waals surface area (Å²) in [5.74, 6) is -0.554. The van der Waals surface area contributed by atoms with Gasteiger partial charge in [0, 0.05) is 45.9 Å². The summed E-state index contributed by atoms with van der Waals surface area (Å²) in [6.07, 6.45) is 7.70. The number of hydrogen-bond acceptors (Lipinski definition) is 8. The summed E-state index contributed by atoms with van der Waals surface area (Å²) >= 11 is 3.31. The summed E-state index contributed by atoms with van der Waals surface area (Å²) in [6.45, 7) is 3.46. The van der Waals surface area contributed by atoms with Gasteiger partial charge in [-0.15, -0.1) is 0 Å². The lowest BCUT2D eigenvalue weighted by Crippen LogP contribution is -2.30. The fourth-order valence-electron chi connectivity index (χ4n) is 3.41. The number of aliphatic hydroxyl groups is 1. The molecule has 4 N–H and O–H groups in total. The SMILES string of the molecule is CC(C)(CO)n1cc(C(=O)c2cncc(NC(=O)Cc3ccc(Br)cn3)c2)c2cnc(N)nc21. The Morgan fingerprint density at radius 3 is 2.68 bits per heavy atom. The third-order valence-corrected chi connectivity index (χ3v) is 5.73. The fraction of sp³-hybridized carbons (Fsp3) is 0.217. The van der Waals surface area contributed by atoms with E-state index in [4.69, 9.17) is 5.73 Å². The molecule has 1 amide bonds. The molecule has 0 bridgehead atoms. The molecular formula is C23H22BrN7O3. The van der Waals surface area contributed by atoms with Crippen LogP contribution in [0.2, 0.25) is 0 Å². The average molecular weight is 524 g/mol. The molecule has 0 aliphatic rings. The molecule has 10 nitrogen and oxygen atoms in total. The first-order valence-electron chi connectivity index (χ1n) is 10.3. The van der Waals surface area contributed by atoms with Crippen LogP contribution in [0.25, 0.3) is 11.0 Å². The Morgan fingerprint density at radius 1 is 1.18 bits per heavy atom. The van der Waals surface area contributed by atoms with E-state index in [1.54, 1.807) is 29.1 Å². The molecule has 34 heavy (non-hydrogen) atoms. The van der Waals surface area contributed by atoms with Crippen molar-refractivity contribution in [2.75, 3.05) is 17.7 Å². The van der Waals surface area contributed by atoms with Crippen molar-refractivity contribution in [2.45, 2.75) is 25.8 Å². The maximum Gasteiger partial charge on any atom is 0.230 e. The molecule has 0 aliphatic carbocycles. The molecule has 0 atom stereocenters. The molecule has 0 fully saturated rings. The number of nitrogens with zero attached hydrogens (tertiary/aromatic N) is 5. The van der Waals surface area contributed by atoms with Crippen LogP contribution in [0.1, 0.15) is 35.5 Å². The Labute approximate surface area is 203 Å². The molecule has 0 spiro atoms. The summed E-state index contributed by atoms with van der Waals surface area (Å²) in [5, 5.41) is 13.1. The summed E-state index contributed by atoms with van der Waals surface area (Å²) < 4.78 is 2.53. The van der Waals surface area contributed by atoms with Crippen LogP contribution in [-0.4, -0.2) is 47.9 Å². The number of anilines is 2. The lowest BCUT2D eigenvalue weighted by atomic mass is 10.1. The number of nitrogens with two attached hydrogens (primary N) is 1. The number of nitrogens with one attached hydrogen (secondary N) is 1. The molecule has 0 aromatic carbocycles. The van der Waals surface area contributed by atoms with Crippen LogP contribution in [0, 0.1) is 0 Å². The zero-order chi connectivity index (χ0) is 24.5. The van der Waals surface area contributed by atoms with Gasteiger partial charge in [0.25, 0.3) is 0 Å². The van der Waals surface area contributed by atoms with E-state index in [-0.39, 0.29) is 36.2 Å². The van der Waals surface area contributed by atoms with Crippen molar-refractivity contribution >= 4 is 50.3 Å². The Morgan fingerprint density at radius 2 is 1.97 bits per heavy atom. The van der Waals surface area contributed by atoms with Gasteiger partial charge in [-0.2, -0.15) is 4.98 Å². The van der Waals surface area contributed by atoms with Gasteiger partial charge in [-0.1, -0.05) is 0 Å². The predicted molar refractivity (Wildman–Crippen MR) is 130 cm³/mol. The molecule has 0 aliphatic heterocycles. The minimum atomic E-state index is -0.729. The molecule has 0 saturated carbocycles. The molecule has 0 saturated heterocycles. The molecule has 4 aromatic rings. The summed E-state index contributed by atoms with van der Waals surface area (Å²) in [7, 11) is 0. The van der Waals surface area contributed by atoms with Crippen LogP contribution in [0.4, 0.5) is 11.6 Å². The number of ketones is 1. The van der Waals surface area contributed by atoms with Gasteiger partial charge in [-0.05, 0) is 48.0 Å². The number of rotatable bonds is 7. The van der Waals surface area contributed by atoms with E-state index in [2.05, 4.69) is 41.2 Å². The summed E-state index contributed by atoms with van der Waals surface area (Å²) in [6, 6.07) is 5.11. The first-order valence-corrected chi connectivity index (χ1v) is 11.1. The fourth-order valence-corrected chi connectivity index (χ4v) is 3.64. The molecular weight excluding hydrogens is 502 g/mol. The van der Waals surface area contributed by atoms with Crippen LogP contribution < -0.4 is 11.1 Å². The molecule has 4 aromatic heterocycles. The van der Waals surface area contributed by atoms with Crippen LogP contribution in [0.3, 0.4) is 0 Å². The number of nitrogen functional groups attached to an aromatic ring is 1. The number of pyridine rings is 2. The van der Waals surface area contributed by atoms with Crippen LogP contribution >= 0.6 is 15.9 Å². The van der Waals surface area contributed by atoms with Gasteiger partial charge in [0.1, 0.15) is 5.65 Å². The number of aromatic nitrogens is 5. The summed E-state index contributed by atoms with van der Waals surface area (Å²) in [4.78, 5) is 42.4. The number of carbonyl (C=O) groups excluding carboxylic acids is 2. The number of hydrogen-bond donors (Lipinski definition) is 3. The van der Waals surface area contributed by atoms with E-state index >= 15 is 0 Å². The van der Waals surface area contributed by atoms with Gasteiger partial charge in [0.15, 0.2) is 5.78 Å². The van der Waals surface area contributed by atoms with Gasteiger partial charge in [-0.3, -0.25) is 19.6 Å². The predicted octanol–water partition coefficient (Wildman–Crippen LogP) is 2.71. The Balaban J connectivity index is 1.62. The largest absolute Gasteiger partial charge is 0.394 e. The van der Waals surface area contributed by atoms with Crippen LogP contribution in [0.5, 0.6) is 0 Å². The average Bonchev–Trinajstić information content (AvgIpc) is 3.19. The summed E-state index contributed by atoms with van der Waals surface area (Å²) in [5.41, 5.74) is 7.07. The highest BCUT2D eigenvalue weighted by Crippen LogP contribution is 2.28. The Kier molecular flexibility index (Phi) is 6.40. The highest BCUT2D eigenvalue weighted by molar-refractivity contribution is 9.10. The third-order valence-electron chi connectivity index (χ3n) is 5.26. The maximum atomic E-state index is 13.4. The monoisotopic (exact) mass is 523 g/mol. The van der Waals surface area contributed by atoms with Gasteiger partial charge in [0.05, 0.1) is 36.0 Å². The highest BCUT2D eigenvalue weighted by atomic mass is 79.9. The number of amides is 1. The van der Waals surface area contributed by atoms with E-state index in [0.29, 0.717) is 28.0 Å². The van der Waals surface area contributed by atoms with Crippen LogP contribution in [0.15, 0.2) is 53.7 Å². The molecule has 0 radical (unpaired) electrons. The van der Waals surface area contributed by atoms with Crippen LogP contribution in [-0.2, 0) is 16.8 Å². The van der Waals surface area contributed by atoms with E-state index < -0.39 is 5.54 Å². The minimum absolute atomic E-state index is 0.0613. The second-order valence-corrected chi connectivity index (χ2v) is 9.25. The van der Waals surface area contributed by atoms with Crippen molar-refractivity contribution < 1.29 is 14.7 Å². The molecule has 4 heterocycles. The van der Waals surface area contributed by atoms with Gasteiger partial charge in [-0.25, -0.2) is 4.98 Å². The maximum absolute atomic E-state index is 13.4. The van der Waals surface area contributed by atoms with E-state index in [1.807, 2.05) is 19.9 Å². The number of halogens is 1. The van der Waals surface area contributed by atoms with Crippen molar-refractivity contribution in [3.05, 3.63) is 70.5 Å². The van der Waals surface area contributed by atoms with Crippen molar-refractivity contribution in [1.29, 1.82) is 0 Å². The number of aliphatic hydroxyl groups excluding tert-OH is 1. The smallest absolute Gasteiger partial charge is 0.230 e. The Hall–Kier alpha value is -3.70. The minimum Gasteiger partial charge on any atom is -0.394 e. The quantitative estimate of drug-likeness (QED) is 0.313. The first-order chi connectivity index (χ1) is 16.2.